The van der Waals surface area contributed by atoms with Gasteiger partial charge in [0, 0.05) is 49.6 Å². The van der Waals surface area contributed by atoms with Gasteiger partial charge in [0.2, 0.25) is 0 Å². The molecule has 1 saturated carbocycles. The normalized spacial score (nSPS) is 14.1. The zero-order chi connectivity index (χ0) is 28.4. The van der Waals surface area contributed by atoms with Crippen LogP contribution in [-0.2, 0) is 24.9 Å². The van der Waals surface area contributed by atoms with E-state index in [1.54, 1.807) is 0 Å². The molecule has 1 fully saturated rings. The average molecular weight is 725 g/mol. The van der Waals surface area contributed by atoms with E-state index in [2.05, 4.69) is 55.5 Å². The van der Waals surface area contributed by atoms with Crippen LogP contribution in [0.2, 0.25) is 0 Å². The third-order valence-electron chi connectivity index (χ3n) is 7.85. The van der Waals surface area contributed by atoms with Gasteiger partial charge in [0.05, 0.1) is 11.3 Å². The SMILES string of the molecule is CC(C)C(=O)/C=C(\O)C(C)C.Cc1[c-]c(-c2nccc3cc(C4CCCC4)ccc23)c2oc3ccccc3c2c1.[Ir]. The van der Waals surface area contributed by atoms with E-state index in [0.29, 0.717) is 5.92 Å². The molecule has 1 N–H and O–H groups in total. The topological polar surface area (TPSA) is 63.3 Å². The Labute approximate surface area is 256 Å². The number of rotatable bonds is 5. The van der Waals surface area contributed by atoms with E-state index in [4.69, 9.17) is 9.40 Å². The van der Waals surface area contributed by atoms with E-state index in [1.807, 2.05) is 46.0 Å². The van der Waals surface area contributed by atoms with Gasteiger partial charge in [-0.2, -0.15) is 0 Å². The van der Waals surface area contributed by atoms with E-state index < -0.39 is 0 Å². The largest absolute Gasteiger partial charge is 0.512 e. The number of carbonyl (C=O) groups excluding carboxylic acids is 1. The molecule has 0 atom stereocenters. The molecule has 0 aliphatic heterocycles. The number of aryl methyl sites for hydroxylation is 1. The first-order chi connectivity index (χ1) is 19.2. The average Bonchev–Trinajstić information content (AvgIpc) is 3.61. The number of aliphatic hydroxyl groups is 1. The number of hydrogen-bond acceptors (Lipinski definition) is 4. The maximum absolute atomic E-state index is 11.0. The minimum absolute atomic E-state index is 0. The van der Waals surface area contributed by atoms with Crippen molar-refractivity contribution in [3.8, 4) is 11.3 Å². The summed E-state index contributed by atoms with van der Waals surface area (Å²) >= 11 is 0. The Morgan fingerprint density at radius 3 is 2.41 bits per heavy atom. The fourth-order valence-corrected chi connectivity index (χ4v) is 5.46. The van der Waals surface area contributed by atoms with Crippen LogP contribution < -0.4 is 0 Å². The van der Waals surface area contributed by atoms with Gasteiger partial charge < -0.3 is 14.5 Å². The molecule has 0 spiro atoms. The Balaban J connectivity index is 0.000000279. The van der Waals surface area contributed by atoms with Crippen molar-refractivity contribution in [2.24, 2.45) is 11.8 Å². The second kappa shape index (κ2) is 13.1. The number of ketones is 1. The van der Waals surface area contributed by atoms with Crippen LogP contribution >= 0.6 is 0 Å². The number of aromatic nitrogens is 1. The van der Waals surface area contributed by atoms with Crippen molar-refractivity contribution >= 4 is 38.5 Å². The van der Waals surface area contributed by atoms with Crippen molar-refractivity contribution in [3.05, 3.63) is 89.8 Å². The van der Waals surface area contributed by atoms with E-state index in [1.165, 1.54) is 42.7 Å². The molecule has 1 aliphatic rings. The minimum atomic E-state index is -0.0316. The molecule has 5 aromatic rings. The summed E-state index contributed by atoms with van der Waals surface area (Å²) in [6.45, 7) is 9.41. The standard InChI is InChI=1S/C27H22NO.C9H16O2.Ir/c1-17-14-23-22-8-4-5-9-25(22)29-27(23)24(15-17)26-21-11-10-19(18-6-2-3-7-18)16-20(21)12-13-28-26;1-6(2)8(10)5-9(11)7(3)4;/h4-5,8-14,16,18H,2-3,6-7H2,1H3;5-7,10H,1-4H3;/q-1;;/b;8-5-;. The van der Waals surface area contributed by atoms with Gasteiger partial charge in [-0.1, -0.05) is 94.8 Å². The number of para-hydroxylation sites is 1. The molecule has 0 unspecified atom stereocenters. The Hall–Kier alpha value is -3.27. The van der Waals surface area contributed by atoms with Crippen LogP contribution in [0.4, 0.5) is 0 Å². The van der Waals surface area contributed by atoms with Gasteiger partial charge >= 0.3 is 0 Å². The molecule has 6 rings (SSSR count). The van der Waals surface area contributed by atoms with Gasteiger partial charge in [0.15, 0.2) is 5.78 Å². The van der Waals surface area contributed by atoms with Crippen molar-refractivity contribution in [1.29, 1.82) is 0 Å². The predicted molar refractivity (Wildman–Crippen MR) is 165 cm³/mol. The second-order valence-electron chi connectivity index (χ2n) is 11.6. The first-order valence-corrected chi connectivity index (χ1v) is 14.4. The summed E-state index contributed by atoms with van der Waals surface area (Å²) in [4.78, 5) is 15.8. The second-order valence-corrected chi connectivity index (χ2v) is 11.6. The third-order valence-corrected chi connectivity index (χ3v) is 7.85. The molecule has 4 nitrogen and oxygen atoms in total. The van der Waals surface area contributed by atoms with E-state index in [0.717, 1.165) is 44.1 Å². The fourth-order valence-electron chi connectivity index (χ4n) is 5.46. The van der Waals surface area contributed by atoms with Crippen LogP contribution in [0.25, 0.3) is 44.0 Å². The van der Waals surface area contributed by atoms with E-state index in [9.17, 15) is 9.90 Å². The van der Waals surface area contributed by atoms with Gasteiger partial charge in [0.1, 0.15) is 5.58 Å². The van der Waals surface area contributed by atoms with Crippen molar-refractivity contribution in [2.75, 3.05) is 0 Å². The fraction of sp³-hybridized carbons (Fsp3) is 0.333. The van der Waals surface area contributed by atoms with Crippen molar-refractivity contribution in [3.63, 3.8) is 0 Å². The number of nitrogens with zero attached hydrogens (tertiary/aromatic N) is 1. The Bertz CT molecular complexity index is 1710. The number of pyridine rings is 1. The number of fused-ring (bicyclic) bond motifs is 4. The smallest absolute Gasteiger partial charge is 0.161 e. The maximum atomic E-state index is 11.0. The molecule has 5 heteroatoms. The molecular weight excluding hydrogens is 687 g/mol. The summed E-state index contributed by atoms with van der Waals surface area (Å²) in [5, 5.41) is 13.9. The summed E-state index contributed by atoms with van der Waals surface area (Å²) in [6, 6.07) is 23.0. The Kier molecular flexibility index (Phi) is 9.84. The Morgan fingerprint density at radius 1 is 0.976 bits per heavy atom. The molecule has 0 amide bonds. The summed E-state index contributed by atoms with van der Waals surface area (Å²) in [5.41, 5.74) is 6.25. The zero-order valence-electron chi connectivity index (χ0n) is 24.5. The van der Waals surface area contributed by atoms with Crippen molar-refractivity contribution in [1.82, 2.24) is 4.98 Å². The quantitative estimate of drug-likeness (QED) is 0.111. The Morgan fingerprint density at radius 2 is 1.71 bits per heavy atom. The number of hydrogen-bond donors (Lipinski definition) is 1. The summed E-state index contributed by atoms with van der Waals surface area (Å²) in [7, 11) is 0. The summed E-state index contributed by atoms with van der Waals surface area (Å²) < 4.78 is 6.28. The first kappa shape index (κ1) is 30.7. The van der Waals surface area contributed by atoms with Crippen molar-refractivity contribution < 1.29 is 34.4 Å². The molecule has 2 heterocycles. The molecule has 41 heavy (non-hydrogen) atoms. The molecule has 1 radical (unpaired) electrons. The van der Waals surface area contributed by atoms with Gasteiger partial charge in [-0.05, 0) is 52.9 Å². The predicted octanol–water partition coefficient (Wildman–Crippen LogP) is 9.87. The number of benzene rings is 3. The molecule has 0 saturated heterocycles. The minimum Gasteiger partial charge on any atom is -0.512 e. The number of aliphatic hydroxyl groups excluding tert-OH is 1. The van der Waals surface area contributed by atoms with Crippen LogP contribution in [-0.4, -0.2) is 15.9 Å². The third kappa shape index (κ3) is 6.63. The zero-order valence-corrected chi connectivity index (χ0v) is 26.9. The molecule has 3 aromatic carbocycles. The van der Waals surface area contributed by atoms with Crippen LogP contribution in [0.1, 0.15) is 70.4 Å². The summed E-state index contributed by atoms with van der Waals surface area (Å²) in [5.74, 6) is 0.872. The van der Waals surface area contributed by atoms with Crippen molar-refractivity contribution in [2.45, 2.75) is 66.2 Å². The molecule has 0 bridgehead atoms. The number of allylic oxidation sites excluding steroid dienone is 2. The molecule has 1 aliphatic carbocycles. The van der Waals surface area contributed by atoms with Crippen LogP contribution in [0.5, 0.6) is 0 Å². The number of carbonyl (C=O) groups is 1. The molecular formula is C36H38IrNO3-. The van der Waals surface area contributed by atoms with Gasteiger partial charge in [0.25, 0.3) is 0 Å². The number of furan rings is 1. The monoisotopic (exact) mass is 725 g/mol. The van der Waals surface area contributed by atoms with Crippen LogP contribution in [0.3, 0.4) is 0 Å². The van der Waals surface area contributed by atoms with Gasteiger partial charge in [-0.15, -0.1) is 17.7 Å². The van der Waals surface area contributed by atoms with E-state index in [-0.39, 0.29) is 43.5 Å². The van der Waals surface area contributed by atoms with Crippen LogP contribution in [0.15, 0.2) is 77.0 Å². The first-order valence-electron chi connectivity index (χ1n) is 14.4. The molecule has 215 valence electrons. The van der Waals surface area contributed by atoms with Gasteiger partial charge in [-0.25, -0.2) is 0 Å². The van der Waals surface area contributed by atoms with Gasteiger partial charge in [-0.3, -0.25) is 4.79 Å². The molecule has 2 aromatic heterocycles. The maximum Gasteiger partial charge on any atom is 0.161 e. The van der Waals surface area contributed by atoms with Crippen LogP contribution in [0, 0.1) is 24.8 Å². The van der Waals surface area contributed by atoms with E-state index >= 15 is 0 Å². The summed E-state index contributed by atoms with van der Waals surface area (Å²) in [6.07, 6.45) is 8.57.